The van der Waals surface area contributed by atoms with Gasteiger partial charge in [-0.05, 0) is 35.2 Å². The second-order valence-corrected chi connectivity index (χ2v) is 5.69. The number of hydrogen-bond acceptors (Lipinski definition) is 2. The molecule has 2 N–H and O–H groups in total. The summed E-state index contributed by atoms with van der Waals surface area (Å²) in [6, 6.07) is 13.5. The third-order valence-electron chi connectivity index (χ3n) is 3.43. The van der Waals surface area contributed by atoms with Gasteiger partial charge in [-0.1, -0.05) is 53.2 Å². The second kappa shape index (κ2) is 7.38. The van der Waals surface area contributed by atoms with Crippen molar-refractivity contribution in [3.63, 3.8) is 0 Å². The number of carboxylic acid groups (broad SMARTS) is 1. The van der Waals surface area contributed by atoms with E-state index < -0.39 is 5.97 Å². The van der Waals surface area contributed by atoms with Crippen molar-refractivity contribution in [1.29, 1.82) is 0 Å². The first-order valence-corrected chi connectivity index (χ1v) is 7.70. The van der Waals surface area contributed by atoms with Gasteiger partial charge >= 0.3 is 5.97 Å². The summed E-state index contributed by atoms with van der Waals surface area (Å²) < 4.78 is 0.818. The Morgan fingerprint density at radius 1 is 1.10 bits per heavy atom. The van der Waals surface area contributed by atoms with Gasteiger partial charge in [-0.2, -0.15) is 0 Å². The molecule has 0 saturated heterocycles. The quantitative estimate of drug-likeness (QED) is 0.830. The molecular weight excluding hydrogens is 330 g/mol. The van der Waals surface area contributed by atoms with Gasteiger partial charge in [0, 0.05) is 17.6 Å². The van der Waals surface area contributed by atoms with Gasteiger partial charge in [-0.15, -0.1) is 0 Å². The van der Waals surface area contributed by atoms with Crippen molar-refractivity contribution in [2.24, 2.45) is 0 Å². The maximum atomic E-state index is 10.9. The fourth-order valence-electron chi connectivity index (χ4n) is 2.23. The zero-order valence-electron chi connectivity index (χ0n) is 11.9. The average molecular weight is 348 g/mol. The Morgan fingerprint density at radius 3 is 2.38 bits per heavy atom. The highest BCUT2D eigenvalue weighted by Gasteiger charge is 2.07. The monoisotopic (exact) mass is 347 g/mol. The zero-order chi connectivity index (χ0) is 15.2. The van der Waals surface area contributed by atoms with Gasteiger partial charge in [-0.25, -0.2) is 4.79 Å². The van der Waals surface area contributed by atoms with E-state index in [1.165, 1.54) is 11.1 Å². The lowest BCUT2D eigenvalue weighted by atomic mass is 10.1. The van der Waals surface area contributed by atoms with Crippen molar-refractivity contribution >= 4 is 21.9 Å². The van der Waals surface area contributed by atoms with E-state index in [1.807, 2.05) is 12.1 Å². The van der Waals surface area contributed by atoms with E-state index in [0.29, 0.717) is 12.1 Å². The predicted octanol–water partition coefficient (Wildman–Crippen LogP) is 4.00. The van der Waals surface area contributed by atoms with E-state index in [9.17, 15) is 4.79 Å². The highest BCUT2D eigenvalue weighted by atomic mass is 79.9. The minimum Gasteiger partial charge on any atom is -0.478 e. The Kier molecular flexibility index (Phi) is 5.53. The number of nitrogens with one attached hydrogen (secondary N) is 1. The third-order valence-corrected chi connectivity index (χ3v) is 4.17. The molecule has 2 aromatic rings. The summed E-state index contributed by atoms with van der Waals surface area (Å²) in [5, 5.41) is 12.4. The number of carbonyl (C=O) groups is 1. The molecule has 0 amide bonds. The molecule has 3 nitrogen and oxygen atoms in total. The summed E-state index contributed by atoms with van der Waals surface area (Å²) >= 11 is 3.43. The van der Waals surface area contributed by atoms with Crippen LogP contribution in [0.1, 0.15) is 34.0 Å². The van der Waals surface area contributed by atoms with Crippen LogP contribution in [0.25, 0.3) is 0 Å². The lowest BCUT2D eigenvalue weighted by Gasteiger charge is -2.10. The number of aromatic carboxylic acids is 1. The fourth-order valence-corrected chi connectivity index (χ4v) is 2.75. The molecule has 0 heterocycles. The van der Waals surface area contributed by atoms with Crippen molar-refractivity contribution in [2.45, 2.75) is 26.4 Å². The van der Waals surface area contributed by atoms with Crippen LogP contribution < -0.4 is 5.32 Å². The van der Waals surface area contributed by atoms with E-state index in [1.54, 1.807) is 12.1 Å². The molecule has 0 saturated carbocycles. The van der Waals surface area contributed by atoms with Crippen molar-refractivity contribution < 1.29 is 9.90 Å². The van der Waals surface area contributed by atoms with Gasteiger partial charge in [0.25, 0.3) is 0 Å². The lowest BCUT2D eigenvalue weighted by Crippen LogP contribution is -2.14. The van der Waals surface area contributed by atoms with Crippen LogP contribution in [0.5, 0.6) is 0 Å². The Balaban J connectivity index is 1.99. The first-order valence-electron chi connectivity index (χ1n) is 6.91. The van der Waals surface area contributed by atoms with E-state index in [-0.39, 0.29) is 0 Å². The molecule has 0 aliphatic heterocycles. The molecule has 0 aromatic heterocycles. The minimum absolute atomic E-state index is 0.293. The molecule has 0 radical (unpaired) electrons. The number of carboxylic acids is 1. The number of benzene rings is 2. The van der Waals surface area contributed by atoms with Gasteiger partial charge in [0.2, 0.25) is 0 Å². The van der Waals surface area contributed by atoms with Crippen molar-refractivity contribution in [3.8, 4) is 0 Å². The predicted molar refractivity (Wildman–Crippen MR) is 87.5 cm³/mol. The molecule has 0 unspecified atom stereocenters. The molecule has 0 aliphatic carbocycles. The Hall–Kier alpha value is -1.65. The van der Waals surface area contributed by atoms with Crippen LogP contribution in [0.2, 0.25) is 0 Å². The third kappa shape index (κ3) is 4.16. The van der Waals surface area contributed by atoms with E-state index in [4.69, 9.17) is 5.11 Å². The average Bonchev–Trinajstić information content (AvgIpc) is 2.49. The Labute approximate surface area is 133 Å². The highest BCUT2D eigenvalue weighted by molar-refractivity contribution is 9.10. The molecule has 0 aliphatic rings. The molecule has 2 aromatic carbocycles. The number of hydrogen-bond donors (Lipinski definition) is 2. The van der Waals surface area contributed by atoms with E-state index >= 15 is 0 Å². The summed E-state index contributed by atoms with van der Waals surface area (Å²) in [5.74, 6) is -0.910. The molecule has 0 bridgehead atoms. The number of aryl methyl sites for hydroxylation is 1. The summed E-state index contributed by atoms with van der Waals surface area (Å²) in [5.41, 5.74) is 4.00. The first kappa shape index (κ1) is 15.7. The number of rotatable bonds is 6. The largest absolute Gasteiger partial charge is 0.478 e. The smallest absolute Gasteiger partial charge is 0.335 e. The van der Waals surface area contributed by atoms with Crippen LogP contribution in [0.4, 0.5) is 0 Å². The summed E-state index contributed by atoms with van der Waals surface area (Å²) in [4.78, 5) is 10.9. The topological polar surface area (TPSA) is 49.3 Å². The molecule has 110 valence electrons. The zero-order valence-corrected chi connectivity index (χ0v) is 13.5. The molecule has 21 heavy (non-hydrogen) atoms. The van der Waals surface area contributed by atoms with Crippen molar-refractivity contribution in [1.82, 2.24) is 5.32 Å². The Bertz CT molecular complexity index is 640. The SMILES string of the molecule is CCc1ccccc1CNCc1ccc(C(=O)O)cc1Br. The lowest BCUT2D eigenvalue weighted by molar-refractivity contribution is 0.0697. The van der Waals surface area contributed by atoms with Crippen LogP contribution in [-0.4, -0.2) is 11.1 Å². The second-order valence-electron chi connectivity index (χ2n) is 4.84. The van der Waals surface area contributed by atoms with Crippen LogP contribution in [0.15, 0.2) is 46.9 Å². The summed E-state index contributed by atoms with van der Waals surface area (Å²) in [6.07, 6.45) is 1.02. The summed E-state index contributed by atoms with van der Waals surface area (Å²) in [6.45, 7) is 3.65. The van der Waals surface area contributed by atoms with Crippen LogP contribution >= 0.6 is 15.9 Å². The molecule has 0 spiro atoms. The first-order chi connectivity index (χ1) is 10.1. The molecule has 2 rings (SSSR count). The molecule has 4 heteroatoms. The fraction of sp³-hybridized carbons (Fsp3) is 0.235. The number of halogens is 1. The van der Waals surface area contributed by atoms with E-state index in [2.05, 4.69) is 46.4 Å². The standard InChI is InChI=1S/C17H18BrNO2/c1-2-12-5-3-4-6-14(12)10-19-11-15-8-7-13(17(20)21)9-16(15)18/h3-9,19H,2,10-11H2,1H3,(H,20,21). The molecule has 0 atom stereocenters. The van der Waals surface area contributed by atoms with Crippen molar-refractivity contribution in [3.05, 3.63) is 69.2 Å². The van der Waals surface area contributed by atoms with Crippen LogP contribution in [0.3, 0.4) is 0 Å². The highest BCUT2D eigenvalue weighted by Crippen LogP contribution is 2.19. The normalized spacial score (nSPS) is 10.6. The van der Waals surface area contributed by atoms with E-state index in [0.717, 1.165) is 23.0 Å². The minimum atomic E-state index is -0.910. The van der Waals surface area contributed by atoms with Crippen LogP contribution in [-0.2, 0) is 19.5 Å². The van der Waals surface area contributed by atoms with Gasteiger partial charge in [0.15, 0.2) is 0 Å². The van der Waals surface area contributed by atoms with Crippen LogP contribution in [0, 0.1) is 0 Å². The summed E-state index contributed by atoms with van der Waals surface area (Å²) in [7, 11) is 0. The van der Waals surface area contributed by atoms with Crippen molar-refractivity contribution in [2.75, 3.05) is 0 Å². The van der Waals surface area contributed by atoms with Gasteiger partial charge in [0.1, 0.15) is 0 Å². The molecule has 0 fully saturated rings. The Morgan fingerprint density at radius 2 is 1.76 bits per heavy atom. The maximum absolute atomic E-state index is 10.9. The van der Waals surface area contributed by atoms with Gasteiger partial charge < -0.3 is 10.4 Å². The maximum Gasteiger partial charge on any atom is 0.335 e. The van der Waals surface area contributed by atoms with Gasteiger partial charge in [0.05, 0.1) is 5.56 Å². The van der Waals surface area contributed by atoms with Gasteiger partial charge in [-0.3, -0.25) is 0 Å². The molecular formula is C17H18BrNO2.